The van der Waals surface area contributed by atoms with Gasteiger partial charge in [0.15, 0.2) is 0 Å². The van der Waals surface area contributed by atoms with Crippen molar-refractivity contribution in [1.82, 2.24) is 9.80 Å². The average molecular weight is 230 g/mol. The van der Waals surface area contributed by atoms with E-state index in [1.54, 1.807) is 7.11 Å². The summed E-state index contributed by atoms with van der Waals surface area (Å²) < 4.78 is 4.94. The van der Waals surface area contributed by atoms with E-state index in [1.807, 2.05) is 0 Å². The second kappa shape index (κ2) is 7.22. The van der Waals surface area contributed by atoms with Crippen molar-refractivity contribution in [3.63, 3.8) is 0 Å². The first kappa shape index (κ1) is 13.9. The summed E-state index contributed by atoms with van der Waals surface area (Å²) >= 11 is 0. The van der Waals surface area contributed by atoms with E-state index in [0.717, 1.165) is 6.54 Å². The Bertz CT molecular complexity index is 182. The zero-order valence-electron chi connectivity index (χ0n) is 10.9. The number of hydrogen-bond acceptors (Lipinski definition) is 4. The third-order valence-corrected chi connectivity index (χ3v) is 3.49. The van der Waals surface area contributed by atoms with Crippen LogP contribution in [0.3, 0.4) is 0 Å². The van der Waals surface area contributed by atoms with Crippen molar-refractivity contribution in [2.75, 3.05) is 46.9 Å². The number of likely N-dealkylation sites (N-methyl/N-ethyl adjacent to an activating group) is 1. The van der Waals surface area contributed by atoms with Crippen LogP contribution in [0.15, 0.2) is 0 Å². The van der Waals surface area contributed by atoms with Gasteiger partial charge < -0.3 is 19.6 Å². The second-order valence-electron chi connectivity index (χ2n) is 4.71. The highest BCUT2D eigenvalue weighted by atomic mass is 16.5. The van der Waals surface area contributed by atoms with Crippen molar-refractivity contribution < 1.29 is 9.84 Å². The number of piperidine rings is 1. The molecule has 0 amide bonds. The first-order chi connectivity index (χ1) is 7.67. The van der Waals surface area contributed by atoms with Crippen LogP contribution in [0.4, 0.5) is 0 Å². The lowest BCUT2D eigenvalue weighted by molar-refractivity contribution is 0.0251. The van der Waals surface area contributed by atoms with Gasteiger partial charge in [0.25, 0.3) is 0 Å². The molecule has 1 N–H and O–H groups in total. The molecular formula is C12H26N2O2. The van der Waals surface area contributed by atoms with E-state index in [4.69, 9.17) is 4.74 Å². The molecule has 1 unspecified atom stereocenters. The van der Waals surface area contributed by atoms with Gasteiger partial charge in [-0.2, -0.15) is 0 Å². The van der Waals surface area contributed by atoms with Crippen LogP contribution in [0, 0.1) is 0 Å². The molecule has 0 saturated carbocycles. The fraction of sp³-hybridized carbons (Fsp3) is 1.00. The highest BCUT2D eigenvalue weighted by Crippen LogP contribution is 2.15. The first-order valence-corrected chi connectivity index (χ1v) is 6.27. The number of ether oxygens (including phenoxy) is 1. The Hall–Kier alpha value is -0.160. The Morgan fingerprint density at radius 2 is 2.06 bits per heavy atom. The van der Waals surface area contributed by atoms with Gasteiger partial charge in [-0.15, -0.1) is 0 Å². The Labute approximate surface area is 99.2 Å². The molecule has 0 aromatic carbocycles. The molecule has 0 radical (unpaired) electrons. The number of nitrogens with zero attached hydrogens (tertiary/aromatic N) is 2. The Balaban J connectivity index is 2.24. The van der Waals surface area contributed by atoms with Crippen molar-refractivity contribution in [1.29, 1.82) is 0 Å². The predicted octanol–water partition coefficient (Wildman–Crippen LogP) is 0.410. The molecule has 1 aliphatic heterocycles. The van der Waals surface area contributed by atoms with Crippen LogP contribution in [-0.2, 0) is 4.74 Å². The molecular weight excluding hydrogens is 204 g/mol. The third kappa shape index (κ3) is 4.37. The molecule has 1 heterocycles. The maximum Gasteiger partial charge on any atom is 0.0900 e. The van der Waals surface area contributed by atoms with Crippen LogP contribution in [0.5, 0.6) is 0 Å². The van der Waals surface area contributed by atoms with Gasteiger partial charge in [0.2, 0.25) is 0 Å². The fourth-order valence-electron chi connectivity index (χ4n) is 2.40. The number of aliphatic hydroxyl groups is 1. The van der Waals surface area contributed by atoms with E-state index >= 15 is 0 Å². The lowest BCUT2D eigenvalue weighted by atomic mass is 10.0. The average Bonchev–Trinajstić information content (AvgIpc) is 2.29. The van der Waals surface area contributed by atoms with Crippen LogP contribution in [-0.4, -0.2) is 74.0 Å². The number of hydrogen-bond donors (Lipinski definition) is 1. The lowest BCUT2D eigenvalue weighted by Crippen LogP contribution is -2.46. The van der Waals surface area contributed by atoms with E-state index in [1.165, 1.54) is 25.9 Å². The summed E-state index contributed by atoms with van der Waals surface area (Å²) in [6.07, 6.45) is 2.06. The van der Waals surface area contributed by atoms with Gasteiger partial charge in [-0.1, -0.05) is 6.92 Å². The number of rotatable bonds is 6. The smallest absolute Gasteiger partial charge is 0.0900 e. The van der Waals surface area contributed by atoms with Crippen molar-refractivity contribution >= 4 is 0 Å². The molecule has 0 aromatic rings. The molecule has 0 spiro atoms. The van der Waals surface area contributed by atoms with E-state index in [-0.39, 0.29) is 6.10 Å². The van der Waals surface area contributed by atoms with Crippen LogP contribution in [0.1, 0.15) is 19.8 Å². The van der Waals surface area contributed by atoms with Crippen LogP contribution in [0.2, 0.25) is 0 Å². The summed E-state index contributed by atoms with van der Waals surface area (Å²) in [7, 11) is 3.73. The summed E-state index contributed by atoms with van der Waals surface area (Å²) in [5, 5.41) is 9.67. The molecule has 1 saturated heterocycles. The molecule has 1 fully saturated rings. The molecule has 96 valence electrons. The van der Waals surface area contributed by atoms with Gasteiger partial charge in [-0.05, 0) is 39.5 Å². The van der Waals surface area contributed by atoms with E-state index in [9.17, 15) is 5.11 Å². The zero-order chi connectivity index (χ0) is 12.0. The summed E-state index contributed by atoms with van der Waals surface area (Å²) in [4.78, 5) is 4.76. The quantitative estimate of drug-likeness (QED) is 0.717. The van der Waals surface area contributed by atoms with Crippen molar-refractivity contribution in [2.24, 2.45) is 0 Å². The van der Waals surface area contributed by atoms with Gasteiger partial charge in [0, 0.05) is 19.7 Å². The molecule has 4 nitrogen and oxygen atoms in total. The molecule has 16 heavy (non-hydrogen) atoms. The van der Waals surface area contributed by atoms with Crippen molar-refractivity contribution in [3.8, 4) is 0 Å². The molecule has 1 atom stereocenters. The Morgan fingerprint density at radius 1 is 1.44 bits per heavy atom. The standard InChI is InChI=1S/C12H26N2O2/c1-4-14-7-5-11(6-8-14)13(2)9-12(15)10-16-3/h11-12,15H,4-10H2,1-3H3. The van der Waals surface area contributed by atoms with Crippen LogP contribution < -0.4 is 0 Å². The summed E-state index contributed by atoms with van der Waals surface area (Å²) in [5.41, 5.74) is 0. The Kier molecular flexibility index (Phi) is 6.28. The van der Waals surface area contributed by atoms with Gasteiger partial charge in [-0.3, -0.25) is 0 Å². The van der Waals surface area contributed by atoms with E-state index < -0.39 is 0 Å². The first-order valence-electron chi connectivity index (χ1n) is 6.27. The predicted molar refractivity (Wildman–Crippen MR) is 65.6 cm³/mol. The van der Waals surface area contributed by atoms with Gasteiger partial charge in [0.05, 0.1) is 12.7 Å². The minimum atomic E-state index is -0.362. The SMILES string of the molecule is CCN1CCC(N(C)CC(O)COC)CC1. The molecule has 0 bridgehead atoms. The van der Waals surface area contributed by atoms with Crippen molar-refractivity contribution in [3.05, 3.63) is 0 Å². The highest BCUT2D eigenvalue weighted by Gasteiger charge is 2.22. The summed E-state index contributed by atoms with van der Waals surface area (Å²) in [6, 6.07) is 0.620. The Morgan fingerprint density at radius 3 is 2.56 bits per heavy atom. The molecule has 1 rings (SSSR count). The van der Waals surface area contributed by atoms with Crippen LogP contribution >= 0.6 is 0 Å². The number of likely N-dealkylation sites (tertiary alicyclic amines) is 1. The van der Waals surface area contributed by atoms with Crippen molar-refractivity contribution in [2.45, 2.75) is 31.9 Å². The van der Waals surface area contributed by atoms with Gasteiger partial charge in [-0.25, -0.2) is 0 Å². The third-order valence-electron chi connectivity index (χ3n) is 3.49. The second-order valence-corrected chi connectivity index (χ2v) is 4.71. The summed E-state index contributed by atoms with van der Waals surface area (Å²) in [6.45, 7) is 6.88. The largest absolute Gasteiger partial charge is 0.389 e. The van der Waals surface area contributed by atoms with E-state index in [2.05, 4.69) is 23.8 Å². The van der Waals surface area contributed by atoms with Gasteiger partial charge in [0.1, 0.15) is 0 Å². The van der Waals surface area contributed by atoms with Crippen LogP contribution in [0.25, 0.3) is 0 Å². The minimum Gasteiger partial charge on any atom is -0.389 e. The molecule has 4 heteroatoms. The molecule has 0 aliphatic carbocycles. The monoisotopic (exact) mass is 230 g/mol. The fourth-order valence-corrected chi connectivity index (χ4v) is 2.40. The van der Waals surface area contributed by atoms with Gasteiger partial charge >= 0.3 is 0 Å². The number of methoxy groups -OCH3 is 1. The maximum absolute atomic E-state index is 9.67. The minimum absolute atomic E-state index is 0.362. The topological polar surface area (TPSA) is 35.9 Å². The zero-order valence-corrected chi connectivity index (χ0v) is 10.9. The molecule has 1 aliphatic rings. The maximum atomic E-state index is 9.67. The molecule has 0 aromatic heterocycles. The number of aliphatic hydroxyl groups excluding tert-OH is 1. The normalized spacial score (nSPS) is 21.6. The highest BCUT2D eigenvalue weighted by molar-refractivity contribution is 4.78. The summed E-state index contributed by atoms with van der Waals surface area (Å²) in [5.74, 6) is 0. The lowest BCUT2D eigenvalue weighted by Gasteiger charge is -2.37. The van der Waals surface area contributed by atoms with E-state index in [0.29, 0.717) is 19.2 Å².